The summed E-state index contributed by atoms with van der Waals surface area (Å²) in [6.07, 6.45) is 11.1. The first-order valence-electron chi connectivity index (χ1n) is 13.6. The van der Waals surface area contributed by atoms with E-state index in [0.29, 0.717) is 18.3 Å². The number of fused-ring (bicyclic) bond motifs is 7. The van der Waals surface area contributed by atoms with Crippen LogP contribution >= 0.6 is 0 Å². The van der Waals surface area contributed by atoms with Crippen molar-refractivity contribution in [1.82, 2.24) is 0 Å². The second-order valence-corrected chi connectivity index (χ2v) is 13.8. The van der Waals surface area contributed by atoms with Crippen molar-refractivity contribution < 1.29 is 19.4 Å². The zero-order valence-corrected chi connectivity index (χ0v) is 22.2. The van der Waals surface area contributed by atoms with Crippen LogP contribution in [0.15, 0.2) is 23.8 Å². The molecule has 9 atom stereocenters. The van der Waals surface area contributed by atoms with Crippen LogP contribution < -0.4 is 0 Å². The van der Waals surface area contributed by atoms with Crippen molar-refractivity contribution in [2.45, 2.75) is 99.2 Å². The first-order chi connectivity index (χ1) is 15.8. The maximum absolute atomic E-state index is 12.9. The summed E-state index contributed by atoms with van der Waals surface area (Å²) in [6.45, 7) is 15.5. The number of carbonyl (C=O) groups excluding carboxylic acids is 2. The van der Waals surface area contributed by atoms with Crippen LogP contribution in [-0.4, -0.2) is 29.1 Å². The van der Waals surface area contributed by atoms with Crippen molar-refractivity contribution in [3.63, 3.8) is 0 Å². The fourth-order valence-electron chi connectivity index (χ4n) is 9.69. The molecule has 5 rings (SSSR count). The Bertz CT molecular complexity index is 959. The van der Waals surface area contributed by atoms with Crippen molar-refractivity contribution >= 4 is 11.8 Å². The second-order valence-electron chi connectivity index (χ2n) is 13.8. The molecule has 1 aliphatic heterocycles. The van der Waals surface area contributed by atoms with Gasteiger partial charge in [0.05, 0.1) is 12.0 Å². The summed E-state index contributed by atoms with van der Waals surface area (Å²) in [5.74, 6) is 1.21. The maximum atomic E-state index is 12.9. The summed E-state index contributed by atoms with van der Waals surface area (Å²) in [5, 5.41) is 11.5. The molecule has 34 heavy (non-hydrogen) atoms. The highest BCUT2D eigenvalue weighted by Gasteiger charge is 2.71. The summed E-state index contributed by atoms with van der Waals surface area (Å²) >= 11 is 0. The average Bonchev–Trinajstić information content (AvgIpc) is 3.15. The van der Waals surface area contributed by atoms with Crippen LogP contribution in [0.2, 0.25) is 0 Å². The Morgan fingerprint density at radius 2 is 1.85 bits per heavy atom. The molecule has 4 aliphatic carbocycles. The van der Waals surface area contributed by atoms with Gasteiger partial charge in [0.15, 0.2) is 0 Å². The monoisotopic (exact) mass is 468 g/mol. The number of aliphatic hydroxyl groups excluding tert-OH is 1. The van der Waals surface area contributed by atoms with E-state index >= 15 is 0 Å². The third kappa shape index (κ3) is 2.99. The van der Waals surface area contributed by atoms with E-state index in [4.69, 9.17) is 4.74 Å². The predicted octanol–water partition coefficient (Wildman–Crippen LogP) is 5.89. The first-order valence-corrected chi connectivity index (χ1v) is 13.6. The SMILES string of the molecule is CC(C)/C=C/CC1C(=O)O[C@H]2C[C@]3(C)C4=C[C@@H](O)[C@H]5C(C)(C)C(=O)CC[C@]5(C)C4CC[C@@]3(C)[C@@H]12. The van der Waals surface area contributed by atoms with Gasteiger partial charge in [-0.1, -0.05) is 72.3 Å². The van der Waals surface area contributed by atoms with Gasteiger partial charge in [0.1, 0.15) is 11.9 Å². The Morgan fingerprint density at radius 1 is 1.15 bits per heavy atom. The van der Waals surface area contributed by atoms with Crippen LogP contribution in [-0.2, 0) is 14.3 Å². The summed E-state index contributed by atoms with van der Waals surface area (Å²) in [6, 6.07) is 0. The third-order valence-electron chi connectivity index (χ3n) is 11.5. The lowest BCUT2D eigenvalue weighted by Crippen LogP contribution is -2.61. The highest BCUT2D eigenvalue weighted by molar-refractivity contribution is 5.85. The van der Waals surface area contributed by atoms with Crippen molar-refractivity contribution in [2.75, 3.05) is 0 Å². The lowest BCUT2D eigenvalue weighted by molar-refractivity contribution is -0.157. The Balaban J connectivity index is 1.54. The quantitative estimate of drug-likeness (QED) is 0.415. The van der Waals surface area contributed by atoms with E-state index in [9.17, 15) is 14.7 Å². The molecular formula is C30H44O4. The topological polar surface area (TPSA) is 63.6 Å². The van der Waals surface area contributed by atoms with Crippen molar-refractivity contribution in [3.05, 3.63) is 23.8 Å². The molecule has 4 heteroatoms. The van der Waals surface area contributed by atoms with Gasteiger partial charge in [-0.3, -0.25) is 9.59 Å². The van der Waals surface area contributed by atoms with Gasteiger partial charge in [-0.2, -0.15) is 0 Å². The highest BCUT2D eigenvalue weighted by atomic mass is 16.6. The molecule has 0 aromatic carbocycles. The zero-order chi connectivity index (χ0) is 24.8. The number of aliphatic hydroxyl groups is 1. The van der Waals surface area contributed by atoms with Crippen LogP contribution in [0.1, 0.15) is 87.0 Å². The molecule has 0 spiro atoms. The van der Waals surface area contributed by atoms with Crippen LogP contribution in [0.5, 0.6) is 0 Å². The van der Waals surface area contributed by atoms with E-state index < -0.39 is 11.5 Å². The van der Waals surface area contributed by atoms with E-state index in [1.54, 1.807) is 0 Å². The zero-order valence-electron chi connectivity index (χ0n) is 22.2. The molecule has 1 N–H and O–H groups in total. The standard InChI is InChI=1S/C30H44O4/c1-17(2)9-8-10-18-24-22(34-26(18)33)16-30(7)20-15-21(31)25-27(3,4)23(32)12-13-28(25,5)19(20)11-14-29(24,30)6/h8-9,15,17-19,21-22,24-25,31H,10-14,16H2,1-7H3/b9-8+/t18?,19?,21-,22+,24+,25+,28-,29+,30-/m1/s1. The Morgan fingerprint density at radius 3 is 2.53 bits per heavy atom. The molecule has 0 bridgehead atoms. The normalized spacial score (nSPS) is 49.4. The largest absolute Gasteiger partial charge is 0.462 e. The molecule has 2 unspecified atom stereocenters. The third-order valence-corrected chi connectivity index (χ3v) is 11.5. The second kappa shape index (κ2) is 7.54. The highest BCUT2D eigenvalue weighted by Crippen LogP contribution is 2.74. The number of hydrogen-bond acceptors (Lipinski definition) is 4. The minimum atomic E-state index is -0.609. The van der Waals surface area contributed by atoms with Gasteiger partial charge >= 0.3 is 5.97 Å². The van der Waals surface area contributed by atoms with E-state index in [1.807, 2.05) is 13.8 Å². The van der Waals surface area contributed by atoms with Gasteiger partial charge in [0.2, 0.25) is 0 Å². The number of ketones is 1. The maximum Gasteiger partial charge on any atom is 0.309 e. The van der Waals surface area contributed by atoms with Crippen molar-refractivity contribution in [3.8, 4) is 0 Å². The fraction of sp³-hybridized carbons (Fsp3) is 0.800. The van der Waals surface area contributed by atoms with Crippen LogP contribution in [0, 0.1) is 51.2 Å². The number of hydrogen-bond donors (Lipinski definition) is 1. The number of rotatable bonds is 3. The predicted molar refractivity (Wildman–Crippen MR) is 133 cm³/mol. The fourth-order valence-corrected chi connectivity index (χ4v) is 9.69. The molecule has 3 saturated carbocycles. The molecule has 1 heterocycles. The van der Waals surface area contributed by atoms with Gasteiger partial charge in [0.25, 0.3) is 0 Å². The summed E-state index contributed by atoms with van der Waals surface area (Å²) in [7, 11) is 0. The number of ether oxygens (including phenoxy) is 1. The Labute approximate surface area is 205 Å². The van der Waals surface area contributed by atoms with Gasteiger partial charge < -0.3 is 9.84 Å². The molecule has 4 fully saturated rings. The molecule has 188 valence electrons. The molecule has 0 aromatic rings. The summed E-state index contributed by atoms with van der Waals surface area (Å²) < 4.78 is 6.06. The van der Waals surface area contributed by atoms with Crippen LogP contribution in [0.4, 0.5) is 0 Å². The van der Waals surface area contributed by atoms with Gasteiger partial charge in [-0.15, -0.1) is 0 Å². The number of Topliss-reactive ketones (excluding diaryl/α,β-unsaturated/α-hetero) is 1. The molecule has 0 radical (unpaired) electrons. The molecular weight excluding hydrogens is 424 g/mol. The molecule has 1 saturated heterocycles. The Kier molecular flexibility index (Phi) is 5.39. The van der Waals surface area contributed by atoms with E-state index in [-0.39, 0.29) is 51.9 Å². The minimum Gasteiger partial charge on any atom is -0.462 e. The molecule has 4 nitrogen and oxygen atoms in total. The first kappa shape index (κ1) is 24.3. The Hall–Kier alpha value is -1.42. The van der Waals surface area contributed by atoms with Crippen molar-refractivity contribution in [2.24, 2.45) is 51.2 Å². The number of esters is 1. The van der Waals surface area contributed by atoms with Gasteiger partial charge in [-0.05, 0) is 60.2 Å². The minimum absolute atomic E-state index is 0.0222. The smallest absolute Gasteiger partial charge is 0.309 e. The average molecular weight is 469 g/mol. The van der Waals surface area contributed by atoms with E-state index in [0.717, 1.165) is 32.1 Å². The molecule has 0 aromatic heterocycles. The van der Waals surface area contributed by atoms with Crippen LogP contribution in [0.3, 0.4) is 0 Å². The lowest BCUT2D eigenvalue weighted by atomic mass is 9.40. The number of carbonyl (C=O) groups is 2. The summed E-state index contributed by atoms with van der Waals surface area (Å²) in [5.41, 5.74) is 0.655. The van der Waals surface area contributed by atoms with Crippen LogP contribution in [0.25, 0.3) is 0 Å². The van der Waals surface area contributed by atoms with E-state index in [1.165, 1.54) is 5.57 Å². The van der Waals surface area contributed by atoms with E-state index in [2.05, 4.69) is 52.8 Å². The lowest BCUT2D eigenvalue weighted by Gasteiger charge is -2.63. The number of allylic oxidation sites excluding steroid dienone is 3. The molecule has 5 aliphatic rings. The van der Waals surface area contributed by atoms with Gasteiger partial charge in [0, 0.05) is 23.7 Å². The summed E-state index contributed by atoms with van der Waals surface area (Å²) in [4.78, 5) is 25.8. The van der Waals surface area contributed by atoms with Crippen molar-refractivity contribution in [1.29, 1.82) is 0 Å². The molecule has 0 amide bonds. The van der Waals surface area contributed by atoms with Gasteiger partial charge in [-0.25, -0.2) is 0 Å².